The van der Waals surface area contributed by atoms with E-state index in [0.717, 1.165) is 28.3 Å². The number of methoxy groups -OCH3 is 1. The Balaban J connectivity index is 1.80. The first kappa shape index (κ1) is 16.8. The maximum absolute atomic E-state index is 13.9. The highest BCUT2D eigenvalue weighted by Crippen LogP contribution is 2.30. The smallest absolute Gasteiger partial charge is 0.196 e. The van der Waals surface area contributed by atoms with E-state index >= 15 is 0 Å². The fourth-order valence-electron chi connectivity index (χ4n) is 2.93. The Morgan fingerprint density at radius 2 is 1.96 bits per heavy atom. The van der Waals surface area contributed by atoms with E-state index in [1.807, 2.05) is 35.6 Å². The second-order valence-corrected chi connectivity index (χ2v) is 6.83. The quantitative estimate of drug-likeness (QED) is 0.485. The van der Waals surface area contributed by atoms with Gasteiger partial charge in [-0.15, -0.1) is 10.2 Å². The van der Waals surface area contributed by atoms with Crippen molar-refractivity contribution in [1.82, 2.24) is 14.6 Å². The van der Waals surface area contributed by atoms with Crippen LogP contribution in [0.15, 0.2) is 47.6 Å². The number of fused-ring (bicyclic) bond motifs is 3. The number of hydrogen-bond donors (Lipinski definition) is 0. The molecule has 0 atom stereocenters. The molecule has 0 fully saturated rings. The van der Waals surface area contributed by atoms with Crippen molar-refractivity contribution in [1.29, 1.82) is 0 Å². The molecule has 0 spiro atoms. The summed E-state index contributed by atoms with van der Waals surface area (Å²) < 4.78 is 34.5. The van der Waals surface area contributed by atoms with Gasteiger partial charge in [0.1, 0.15) is 5.75 Å². The van der Waals surface area contributed by atoms with Crippen molar-refractivity contribution >= 4 is 28.3 Å². The van der Waals surface area contributed by atoms with Crippen molar-refractivity contribution in [3.05, 3.63) is 65.2 Å². The molecule has 0 bridgehead atoms. The Morgan fingerprint density at radius 3 is 2.77 bits per heavy atom. The third-order valence-corrected chi connectivity index (χ3v) is 5.24. The van der Waals surface area contributed by atoms with Crippen LogP contribution in [0.2, 0.25) is 0 Å². The molecule has 4 rings (SSSR count). The van der Waals surface area contributed by atoms with Crippen LogP contribution in [0.3, 0.4) is 0 Å². The molecule has 2 aromatic carbocycles. The average molecular weight is 371 g/mol. The Hall–Kier alpha value is -2.67. The highest BCUT2D eigenvalue weighted by atomic mass is 32.2. The van der Waals surface area contributed by atoms with E-state index in [2.05, 4.69) is 10.2 Å². The molecule has 4 aromatic rings. The maximum atomic E-state index is 13.9. The predicted molar refractivity (Wildman–Crippen MR) is 97.7 cm³/mol. The van der Waals surface area contributed by atoms with Gasteiger partial charge in [0.05, 0.1) is 12.6 Å². The van der Waals surface area contributed by atoms with Crippen molar-refractivity contribution in [3.63, 3.8) is 0 Å². The second-order valence-electron chi connectivity index (χ2n) is 5.89. The van der Waals surface area contributed by atoms with Crippen LogP contribution < -0.4 is 4.74 Å². The van der Waals surface area contributed by atoms with Crippen molar-refractivity contribution in [2.75, 3.05) is 7.11 Å². The molecule has 0 saturated heterocycles. The Morgan fingerprint density at radius 1 is 1.12 bits per heavy atom. The summed E-state index contributed by atoms with van der Waals surface area (Å²) >= 11 is 1.31. The van der Waals surface area contributed by atoms with E-state index in [9.17, 15) is 8.78 Å². The Labute approximate surface area is 152 Å². The highest BCUT2D eigenvalue weighted by Gasteiger charge is 2.14. The molecular formula is C19H15F2N3OS. The van der Waals surface area contributed by atoms with Gasteiger partial charge in [0.15, 0.2) is 22.4 Å². The van der Waals surface area contributed by atoms with Crippen molar-refractivity contribution < 1.29 is 13.5 Å². The first-order valence-electron chi connectivity index (χ1n) is 7.96. The van der Waals surface area contributed by atoms with Crippen LogP contribution in [-0.4, -0.2) is 21.7 Å². The van der Waals surface area contributed by atoms with Crippen LogP contribution in [0.5, 0.6) is 5.75 Å². The number of ether oxygens (including phenoxy) is 1. The minimum absolute atomic E-state index is 0.254. The normalized spacial score (nSPS) is 11.4. The summed E-state index contributed by atoms with van der Waals surface area (Å²) in [5, 5.41) is 10.1. The number of nitrogens with zero attached hydrogens (tertiary/aromatic N) is 3. The van der Waals surface area contributed by atoms with Crippen LogP contribution in [0.4, 0.5) is 8.78 Å². The molecule has 132 valence electrons. The number of rotatable bonds is 4. The summed E-state index contributed by atoms with van der Waals surface area (Å²) in [5.41, 5.74) is 2.98. The van der Waals surface area contributed by atoms with Gasteiger partial charge in [-0.05, 0) is 36.8 Å². The number of pyridine rings is 1. The van der Waals surface area contributed by atoms with E-state index < -0.39 is 11.6 Å². The predicted octanol–water partition coefficient (Wildman–Crippen LogP) is 4.77. The van der Waals surface area contributed by atoms with E-state index in [0.29, 0.717) is 16.4 Å². The minimum Gasteiger partial charge on any atom is -0.497 e. The summed E-state index contributed by atoms with van der Waals surface area (Å²) in [6, 6.07) is 11.9. The summed E-state index contributed by atoms with van der Waals surface area (Å²) in [7, 11) is 1.61. The Kier molecular flexibility index (Phi) is 4.24. The van der Waals surface area contributed by atoms with E-state index in [1.54, 1.807) is 13.2 Å². The molecule has 0 amide bonds. The molecule has 0 saturated carbocycles. The van der Waals surface area contributed by atoms with Crippen LogP contribution >= 0.6 is 11.8 Å². The van der Waals surface area contributed by atoms with Gasteiger partial charge < -0.3 is 4.74 Å². The number of hydrogen-bond acceptors (Lipinski definition) is 4. The SMILES string of the molecule is COc1ccc2c(C)cc3nnc(SCc4cccc(F)c4F)n3c2c1. The molecular weight excluding hydrogens is 356 g/mol. The zero-order chi connectivity index (χ0) is 18.3. The Bertz CT molecular complexity index is 1130. The fourth-order valence-corrected chi connectivity index (χ4v) is 3.85. The molecule has 4 nitrogen and oxygen atoms in total. The van der Waals surface area contributed by atoms with Gasteiger partial charge in [-0.3, -0.25) is 4.40 Å². The maximum Gasteiger partial charge on any atom is 0.196 e. The summed E-state index contributed by atoms with van der Waals surface area (Å²) in [6.07, 6.45) is 0. The number of thioether (sulfide) groups is 1. The fraction of sp³-hybridized carbons (Fsp3) is 0.158. The van der Waals surface area contributed by atoms with Crippen molar-refractivity contribution in [2.45, 2.75) is 17.8 Å². The lowest BCUT2D eigenvalue weighted by atomic mass is 10.1. The van der Waals surface area contributed by atoms with Crippen LogP contribution in [0.25, 0.3) is 16.6 Å². The van der Waals surface area contributed by atoms with Gasteiger partial charge in [0, 0.05) is 22.8 Å². The van der Waals surface area contributed by atoms with Gasteiger partial charge in [-0.2, -0.15) is 0 Å². The molecule has 26 heavy (non-hydrogen) atoms. The summed E-state index contributed by atoms with van der Waals surface area (Å²) in [4.78, 5) is 0. The molecule has 0 aliphatic carbocycles. The standard InChI is InChI=1S/C19H15F2N3OS/c1-11-8-17-22-23-19(26-10-12-4-3-5-15(20)18(12)21)24(17)16-9-13(25-2)6-7-14(11)16/h3-9H,10H2,1-2H3. The second kappa shape index (κ2) is 6.57. The molecule has 0 aliphatic heterocycles. The third kappa shape index (κ3) is 2.78. The van der Waals surface area contributed by atoms with Crippen molar-refractivity contribution in [3.8, 4) is 5.75 Å². The zero-order valence-corrected chi connectivity index (χ0v) is 15.0. The van der Waals surface area contributed by atoms with E-state index in [1.165, 1.54) is 17.8 Å². The van der Waals surface area contributed by atoms with E-state index in [4.69, 9.17) is 4.74 Å². The molecule has 0 unspecified atom stereocenters. The van der Waals surface area contributed by atoms with E-state index in [-0.39, 0.29) is 5.75 Å². The molecule has 2 heterocycles. The molecule has 0 N–H and O–H groups in total. The topological polar surface area (TPSA) is 39.4 Å². The molecule has 0 aliphatic rings. The van der Waals surface area contributed by atoms with Crippen LogP contribution in [0, 0.1) is 18.6 Å². The van der Waals surface area contributed by atoms with Gasteiger partial charge in [-0.25, -0.2) is 8.78 Å². The zero-order valence-electron chi connectivity index (χ0n) is 14.2. The molecule has 2 aromatic heterocycles. The lowest BCUT2D eigenvalue weighted by Gasteiger charge is -2.09. The number of halogens is 2. The highest BCUT2D eigenvalue weighted by molar-refractivity contribution is 7.98. The number of benzene rings is 2. The van der Waals surface area contributed by atoms with Gasteiger partial charge in [0.25, 0.3) is 0 Å². The van der Waals surface area contributed by atoms with Crippen LogP contribution in [0.1, 0.15) is 11.1 Å². The lowest BCUT2D eigenvalue weighted by molar-refractivity contribution is 0.415. The molecule has 7 heteroatoms. The summed E-state index contributed by atoms with van der Waals surface area (Å²) in [6.45, 7) is 2.01. The van der Waals surface area contributed by atoms with Gasteiger partial charge >= 0.3 is 0 Å². The third-order valence-electron chi connectivity index (χ3n) is 4.26. The number of aromatic nitrogens is 3. The average Bonchev–Trinajstić information content (AvgIpc) is 3.05. The first-order chi connectivity index (χ1) is 12.6. The number of aryl methyl sites for hydroxylation is 1. The van der Waals surface area contributed by atoms with Crippen molar-refractivity contribution in [2.24, 2.45) is 0 Å². The minimum atomic E-state index is -0.847. The van der Waals surface area contributed by atoms with Gasteiger partial charge in [0.2, 0.25) is 0 Å². The van der Waals surface area contributed by atoms with Crippen LogP contribution in [-0.2, 0) is 5.75 Å². The monoisotopic (exact) mass is 371 g/mol. The largest absolute Gasteiger partial charge is 0.497 e. The lowest BCUT2D eigenvalue weighted by Crippen LogP contribution is -1.96. The molecule has 0 radical (unpaired) electrons. The first-order valence-corrected chi connectivity index (χ1v) is 8.95. The van der Waals surface area contributed by atoms with Gasteiger partial charge in [-0.1, -0.05) is 23.9 Å². The summed E-state index contributed by atoms with van der Waals surface area (Å²) in [5.74, 6) is -0.689.